The van der Waals surface area contributed by atoms with Gasteiger partial charge in [0.05, 0.1) is 5.25 Å². The Balaban J connectivity index is 2.17. The van der Waals surface area contributed by atoms with Crippen molar-refractivity contribution in [1.29, 1.82) is 0 Å². The van der Waals surface area contributed by atoms with Crippen LogP contribution >= 0.6 is 23.5 Å². The summed E-state index contributed by atoms with van der Waals surface area (Å²) in [6.45, 7) is 4.49. The maximum atomic E-state index is 2.30. The molecule has 0 spiro atoms. The number of fused-ring (bicyclic) bond motifs is 1. The second-order valence-electron chi connectivity index (χ2n) is 4.96. The molecule has 0 aliphatic heterocycles. The van der Waals surface area contributed by atoms with Gasteiger partial charge in [0, 0.05) is 4.91 Å². The third kappa shape index (κ3) is 2.79. The standard InChI is InChI=1S/C19H20S2/c1-3-20-18-15-12-8-9-13-16(15)19(21-4-2)17(18)14-10-6-5-7-11-14/h5-13,18H,3-4H2,1-2H3. The van der Waals surface area contributed by atoms with Crippen molar-refractivity contribution in [2.75, 3.05) is 11.5 Å². The molecule has 2 heteroatoms. The predicted molar refractivity (Wildman–Crippen MR) is 98.7 cm³/mol. The van der Waals surface area contributed by atoms with E-state index < -0.39 is 0 Å². The number of hydrogen-bond donors (Lipinski definition) is 0. The molecule has 108 valence electrons. The molecule has 0 fully saturated rings. The van der Waals surface area contributed by atoms with Gasteiger partial charge in [-0.15, -0.1) is 23.5 Å². The van der Waals surface area contributed by atoms with Gasteiger partial charge in [0.15, 0.2) is 0 Å². The van der Waals surface area contributed by atoms with Crippen molar-refractivity contribution in [3.63, 3.8) is 0 Å². The first kappa shape index (κ1) is 14.8. The summed E-state index contributed by atoms with van der Waals surface area (Å²) in [5.74, 6) is 2.25. The van der Waals surface area contributed by atoms with Gasteiger partial charge in [-0.05, 0) is 33.8 Å². The first-order valence-corrected chi connectivity index (χ1v) is 9.53. The Bertz CT molecular complexity index is 644. The molecule has 0 N–H and O–H groups in total. The Labute approximate surface area is 136 Å². The molecule has 0 saturated heterocycles. The van der Waals surface area contributed by atoms with Crippen LogP contribution < -0.4 is 0 Å². The van der Waals surface area contributed by atoms with Gasteiger partial charge in [-0.3, -0.25) is 0 Å². The molecule has 3 rings (SSSR count). The summed E-state index contributed by atoms with van der Waals surface area (Å²) < 4.78 is 0. The lowest BCUT2D eigenvalue weighted by atomic mass is 10.0. The Morgan fingerprint density at radius 2 is 1.57 bits per heavy atom. The van der Waals surface area contributed by atoms with Gasteiger partial charge >= 0.3 is 0 Å². The van der Waals surface area contributed by atoms with Crippen LogP contribution in [0.1, 0.15) is 35.8 Å². The van der Waals surface area contributed by atoms with Gasteiger partial charge < -0.3 is 0 Å². The summed E-state index contributed by atoms with van der Waals surface area (Å²) in [6, 6.07) is 19.8. The molecule has 1 atom stereocenters. The van der Waals surface area contributed by atoms with E-state index in [9.17, 15) is 0 Å². The molecule has 0 radical (unpaired) electrons. The molecule has 0 heterocycles. The molecule has 1 aliphatic rings. The van der Waals surface area contributed by atoms with E-state index >= 15 is 0 Å². The molecule has 0 amide bonds. The van der Waals surface area contributed by atoms with E-state index in [-0.39, 0.29) is 0 Å². The van der Waals surface area contributed by atoms with Crippen molar-refractivity contribution in [3.05, 3.63) is 71.3 Å². The first-order valence-electron chi connectivity index (χ1n) is 7.50. The Morgan fingerprint density at radius 3 is 2.29 bits per heavy atom. The number of thioether (sulfide) groups is 2. The Hall–Kier alpha value is -1.12. The minimum atomic E-state index is 0.475. The zero-order chi connectivity index (χ0) is 14.7. The maximum absolute atomic E-state index is 2.30. The van der Waals surface area contributed by atoms with Crippen LogP contribution in [-0.2, 0) is 0 Å². The lowest BCUT2D eigenvalue weighted by molar-refractivity contribution is 1.27. The van der Waals surface area contributed by atoms with Crippen molar-refractivity contribution >= 4 is 34.0 Å². The topological polar surface area (TPSA) is 0 Å². The van der Waals surface area contributed by atoms with Crippen molar-refractivity contribution in [2.45, 2.75) is 19.1 Å². The van der Waals surface area contributed by atoms with Gasteiger partial charge in [-0.25, -0.2) is 0 Å². The lowest BCUT2D eigenvalue weighted by Gasteiger charge is -2.16. The summed E-state index contributed by atoms with van der Waals surface area (Å²) >= 11 is 4.02. The Kier molecular flexibility index (Phi) is 4.77. The summed E-state index contributed by atoms with van der Waals surface area (Å²) in [7, 11) is 0. The van der Waals surface area contributed by atoms with E-state index in [1.807, 2.05) is 23.5 Å². The second kappa shape index (κ2) is 6.76. The fourth-order valence-corrected chi connectivity index (χ4v) is 5.13. The van der Waals surface area contributed by atoms with Crippen LogP contribution in [0.15, 0.2) is 54.6 Å². The fourth-order valence-electron chi connectivity index (χ4n) is 2.89. The van der Waals surface area contributed by atoms with E-state index in [2.05, 4.69) is 68.4 Å². The Morgan fingerprint density at radius 1 is 0.857 bits per heavy atom. The maximum Gasteiger partial charge on any atom is 0.0570 e. The van der Waals surface area contributed by atoms with E-state index in [1.54, 1.807) is 0 Å². The van der Waals surface area contributed by atoms with Crippen LogP contribution in [0.2, 0.25) is 0 Å². The largest absolute Gasteiger partial charge is 0.149 e. The van der Waals surface area contributed by atoms with Crippen LogP contribution in [0.5, 0.6) is 0 Å². The van der Waals surface area contributed by atoms with Crippen LogP contribution in [0, 0.1) is 0 Å². The van der Waals surface area contributed by atoms with Gasteiger partial charge in [-0.2, -0.15) is 0 Å². The molecule has 0 aromatic heterocycles. The number of benzene rings is 2. The second-order valence-corrected chi connectivity index (χ2v) is 7.62. The molecular formula is C19H20S2. The fraction of sp³-hybridized carbons (Fsp3) is 0.263. The zero-order valence-corrected chi connectivity index (χ0v) is 14.1. The van der Waals surface area contributed by atoms with Crippen LogP contribution in [0.25, 0.3) is 10.5 Å². The summed E-state index contributed by atoms with van der Waals surface area (Å²) in [4.78, 5) is 1.48. The van der Waals surface area contributed by atoms with Crippen molar-refractivity contribution in [2.24, 2.45) is 0 Å². The molecule has 0 saturated carbocycles. The molecule has 2 aromatic carbocycles. The quantitative estimate of drug-likeness (QED) is 0.652. The van der Waals surface area contributed by atoms with Crippen LogP contribution in [0.4, 0.5) is 0 Å². The van der Waals surface area contributed by atoms with Crippen molar-refractivity contribution in [3.8, 4) is 0 Å². The van der Waals surface area contributed by atoms with Crippen molar-refractivity contribution in [1.82, 2.24) is 0 Å². The van der Waals surface area contributed by atoms with Crippen LogP contribution in [0.3, 0.4) is 0 Å². The zero-order valence-electron chi connectivity index (χ0n) is 12.5. The minimum absolute atomic E-state index is 0.475. The van der Waals surface area contributed by atoms with Gasteiger partial charge in [-0.1, -0.05) is 68.4 Å². The highest BCUT2D eigenvalue weighted by atomic mass is 32.2. The highest BCUT2D eigenvalue weighted by molar-refractivity contribution is 8.08. The average Bonchev–Trinajstić information content (AvgIpc) is 2.84. The van der Waals surface area contributed by atoms with Crippen LogP contribution in [-0.4, -0.2) is 11.5 Å². The highest BCUT2D eigenvalue weighted by Gasteiger charge is 2.31. The molecule has 1 unspecified atom stereocenters. The monoisotopic (exact) mass is 312 g/mol. The van der Waals surface area contributed by atoms with Gasteiger partial charge in [0.2, 0.25) is 0 Å². The summed E-state index contributed by atoms with van der Waals surface area (Å²) in [6.07, 6.45) is 0. The smallest absolute Gasteiger partial charge is 0.0570 e. The van der Waals surface area contributed by atoms with Gasteiger partial charge in [0.1, 0.15) is 0 Å². The molecule has 1 aliphatic carbocycles. The molecule has 21 heavy (non-hydrogen) atoms. The van der Waals surface area contributed by atoms with Crippen molar-refractivity contribution < 1.29 is 0 Å². The normalized spacial score (nSPS) is 17.1. The molecular weight excluding hydrogens is 292 g/mol. The minimum Gasteiger partial charge on any atom is -0.149 e. The predicted octanol–water partition coefficient (Wildman–Crippen LogP) is 6.12. The molecule has 2 aromatic rings. The van der Waals surface area contributed by atoms with E-state index in [1.165, 1.54) is 27.2 Å². The van der Waals surface area contributed by atoms with E-state index in [0.717, 1.165) is 11.5 Å². The first-order chi connectivity index (χ1) is 10.4. The summed E-state index contributed by atoms with van der Waals surface area (Å²) in [5.41, 5.74) is 5.81. The summed E-state index contributed by atoms with van der Waals surface area (Å²) in [5, 5.41) is 0.475. The molecule has 0 nitrogen and oxygen atoms in total. The number of hydrogen-bond acceptors (Lipinski definition) is 2. The van der Waals surface area contributed by atoms with E-state index in [0.29, 0.717) is 5.25 Å². The lowest BCUT2D eigenvalue weighted by Crippen LogP contribution is -1.94. The molecule has 0 bridgehead atoms. The van der Waals surface area contributed by atoms with E-state index in [4.69, 9.17) is 0 Å². The SMILES string of the molecule is CCSC1=C(c2ccccc2)C(SCC)c2ccccc21. The highest BCUT2D eigenvalue weighted by Crippen LogP contribution is 2.55. The van der Waals surface area contributed by atoms with Gasteiger partial charge in [0.25, 0.3) is 0 Å². The average molecular weight is 313 g/mol. The third-order valence-corrected chi connectivity index (χ3v) is 5.87. The number of rotatable bonds is 5. The third-order valence-electron chi connectivity index (χ3n) is 3.70.